The van der Waals surface area contributed by atoms with Crippen molar-refractivity contribution in [1.29, 1.82) is 0 Å². The van der Waals surface area contributed by atoms with Gasteiger partial charge in [-0.25, -0.2) is 0 Å². The van der Waals surface area contributed by atoms with E-state index in [9.17, 15) is 14.4 Å². The molecule has 278 valence electrons. The zero-order valence-corrected chi connectivity index (χ0v) is 32.0. The molecule has 5 heteroatoms. The maximum Gasteiger partial charge on any atom is 0.305 e. The van der Waals surface area contributed by atoms with E-state index in [1.54, 1.807) is 0 Å². The molecular formula is C42H80O5. The standard InChI is InChI=1S/C42H80O5/c1-5-9-13-22-30-38(28-11-7-3)36-46-41(44)34-26-20-16-15-18-24-32-40(43)33-25-19-17-21-27-35-42(45)47-37-39(29-12-8-4)31-23-14-10-6-2/h38-39H,5-37H2,1-4H3. The predicted octanol–water partition coefficient (Wildman–Crippen LogP) is 13.0. The van der Waals surface area contributed by atoms with Crippen molar-refractivity contribution in [3.63, 3.8) is 0 Å². The Bertz CT molecular complexity index is 705. The minimum absolute atomic E-state index is 0.0252. The molecule has 0 saturated heterocycles. The van der Waals surface area contributed by atoms with E-state index in [-0.39, 0.29) is 11.9 Å². The number of hydrogen-bond acceptors (Lipinski definition) is 5. The maximum atomic E-state index is 12.3. The molecule has 0 aromatic heterocycles. The molecule has 0 heterocycles. The normalized spacial score (nSPS) is 12.6. The quantitative estimate of drug-likeness (QED) is 0.0488. The molecule has 2 atom stereocenters. The van der Waals surface area contributed by atoms with Crippen LogP contribution in [-0.4, -0.2) is 30.9 Å². The highest BCUT2D eigenvalue weighted by molar-refractivity contribution is 5.78. The van der Waals surface area contributed by atoms with Gasteiger partial charge in [-0.05, 0) is 63.2 Å². The highest BCUT2D eigenvalue weighted by Crippen LogP contribution is 2.20. The molecule has 0 N–H and O–H groups in total. The first-order chi connectivity index (χ1) is 23.0. The first kappa shape index (κ1) is 45.6. The third-order valence-corrected chi connectivity index (χ3v) is 9.75. The second-order valence-electron chi connectivity index (χ2n) is 14.5. The van der Waals surface area contributed by atoms with Crippen LogP contribution in [0.2, 0.25) is 0 Å². The lowest BCUT2D eigenvalue weighted by molar-refractivity contribution is -0.146. The van der Waals surface area contributed by atoms with E-state index in [4.69, 9.17) is 9.47 Å². The average Bonchev–Trinajstić information content (AvgIpc) is 3.07. The summed E-state index contributed by atoms with van der Waals surface area (Å²) in [5.74, 6) is 1.39. The molecule has 0 saturated carbocycles. The number of ether oxygens (including phenoxy) is 2. The zero-order chi connectivity index (χ0) is 34.6. The van der Waals surface area contributed by atoms with Gasteiger partial charge in [0, 0.05) is 25.7 Å². The monoisotopic (exact) mass is 665 g/mol. The number of unbranched alkanes of at least 4 members (excludes halogenated alkanes) is 17. The first-order valence-electron chi connectivity index (χ1n) is 20.8. The molecule has 0 radical (unpaired) electrons. The largest absolute Gasteiger partial charge is 0.465 e. The average molecular weight is 665 g/mol. The summed E-state index contributed by atoms with van der Waals surface area (Å²) in [6, 6.07) is 0. The molecule has 0 aliphatic rings. The fourth-order valence-corrected chi connectivity index (χ4v) is 6.44. The highest BCUT2D eigenvalue weighted by atomic mass is 16.5. The molecule has 0 amide bonds. The van der Waals surface area contributed by atoms with Crippen LogP contribution in [-0.2, 0) is 23.9 Å². The van der Waals surface area contributed by atoms with Gasteiger partial charge in [0.1, 0.15) is 5.78 Å². The third-order valence-electron chi connectivity index (χ3n) is 9.75. The van der Waals surface area contributed by atoms with E-state index in [1.165, 1.54) is 103 Å². The Morgan fingerprint density at radius 2 is 0.660 bits per heavy atom. The smallest absolute Gasteiger partial charge is 0.305 e. The first-order valence-corrected chi connectivity index (χ1v) is 20.8. The van der Waals surface area contributed by atoms with Crippen LogP contribution in [0.25, 0.3) is 0 Å². The van der Waals surface area contributed by atoms with Crippen molar-refractivity contribution >= 4 is 17.7 Å². The maximum absolute atomic E-state index is 12.3. The van der Waals surface area contributed by atoms with Crippen molar-refractivity contribution in [2.24, 2.45) is 11.8 Å². The molecule has 0 aromatic carbocycles. The van der Waals surface area contributed by atoms with Gasteiger partial charge in [-0.3, -0.25) is 14.4 Å². The van der Waals surface area contributed by atoms with E-state index in [1.807, 2.05) is 0 Å². The van der Waals surface area contributed by atoms with E-state index >= 15 is 0 Å². The second-order valence-corrected chi connectivity index (χ2v) is 14.5. The van der Waals surface area contributed by atoms with Crippen LogP contribution >= 0.6 is 0 Å². The minimum Gasteiger partial charge on any atom is -0.465 e. The summed E-state index contributed by atoms with van der Waals surface area (Å²) in [5, 5.41) is 0. The molecule has 0 aliphatic heterocycles. The molecule has 0 aliphatic carbocycles. The molecule has 0 spiro atoms. The topological polar surface area (TPSA) is 69.7 Å². The number of carbonyl (C=O) groups is 3. The van der Waals surface area contributed by atoms with Gasteiger partial charge < -0.3 is 9.47 Å². The Hall–Kier alpha value is -1.39. The van der Waals surface area contributed by atoms with Crippen molar-refractivity contribution in [3.05, 3.63) is 0 Å². The summed E-state index contributed by atoms with van der Waals surface area (Å²) in [6.07, 6.45) is 33.6. The second kappa shape index (κ2) is 35.9. The van der Waals surface area contributed by atoms with Crippen molar-refractivity contribution in [1.82, 2.24) is 0 Å². The number of hydrogen-bond donors (Lipinski definition) is 0. The Balaban J connectivity index is 3.69. The Morgan fingerprint density at radius 3 is 1.02 bits per heavy atom. The van der Waals surface area contributed by atoms with Gasteiger partial charge >= 0.3 is 11.9 Å². The summed E-state index contributed by atoms with van der Waals surface area (Å²) in [7, 11) is 0. The van der Waals surface area contributed by atoms with Crippen LogP contribution in [0.1, 0.15) is 227 Å². The SMILES string of the molecule is CCCCCCC(CCCC)COC(=O)CCCCCCCCC(=O)CCCCCCCC(=O)OCC(CCCC)CCCCCC. The number of ketones is 1. The lowest BCUT2D eigenvalue weighted by Crippen LogP contribution is -2.14. The number of carbonyl (C=O) groups excluding carboxylic acids is 3. The van der Waals surface area contributed by atoms with Crippen LogP contribution < -0.4 is 0 Å². The van der Waals surface area contributed by atoms with Crippen molar-refractivity contribution in [2.45, 2.75) is 227 Å². The van der Waals surface area contributed by atoms with E-state index in [0.717, 1.165) is 70.6 Å². The molecule has 0 bridgehead atoms. The molecule has 2 unspecified atom stereocenters. The third kappa shape index (κ3) is 32.9. The lowest BCUT2D eigenvalue weighted by atomic mass is 9.96. The highest BCUT2D eigenvalue weighted by Gasteiger charge is 2.13. The number of Topliss-reactive ketones (excluding diaryl/α,β-unsaturated/α-hetero) is 1. The summed E-state index contributed by atoms with van der Waals surface area (Å²) >= 11 is 0. The van der Waals surface area contributed by atoms with Crippen LogP contribution in [0.5, 0.6) is 0 Å². The lowest BCUT2D eigenvalue weighted by Gasteiger charge is -2.16. The van der Waals surface area contributed by atoms with Crippen molar-refractivity contribution in [3.8, 4) is 0 Å². The van der Waals surface area contributed by atoms with Gasteiger partial charge in [-0.2, -0.15) is 0 Å². The van der Waals surface area contributed by atoms with Crippen LogP contribution in [0, 0.1) is 11.8 Å². The number of esters is 2. The molecule has 0 rings (SSSR count). The van der Waals surface area contributed by atoms with Gasteiger partial charge in [0.15, 0.2) is 0 Å². The summed E-state index contributed by atoms with van der Waals surface area (Å²) in [4.78, 5) is 36.7. The molecule has 0 fully saturated rings. The van der Waals surface area contributed by atoms with Gasteiger partial charge in [0.25, 0.3) is 0 Å². The van der Waals surface area contributed by atoms with Crippen LogP contribution in [0.3, 0.4) is 0 Å². The molecule has 5 nitrogen and oxygen atoms in total. The van der Waals surface area contributed by atoms with Crippen molar-refractivity contribution < 1.29 is 23.9 Å². The summed E-state index contributed by atoms with van der Waals surface area (Å²) < 4.78 is 11.3. The summed E-state index contributed by atoms with van der Waals surface area (Å²) in [6.45, 7) is 10.1. The van der Waals surface area contributed by atoms with Gasteiger partial charge in [0.2, 0.25) is 0 Å². The molecule has 0 aromatic rings. The summed E-state index contributed by atoms with van der Waals surface area (Å²) in [5.41, 5.74) is 0. The van der Waals surface area contributed by atoms with Crippen LogP contribution in [0.15, 0.2) is 0 Å². The molecule has 47 heavy (non-hydrogen) atoms. The molecular weight excluding hydrogens is 584 g/mol. The van der Waals surface area contributed by atoms with E-state index < -0.39 is 0 Å². The van der Waals surface area contributed by atoms with E-state index in [2.05, 4.69) is 27.7 Å². The Morgan fingerprint density at radius 1 is 0.362 bits per heavy atom. The fourth-order valence-electron chi connectivity index (χ4n) is 6.44. The van der Waals surface area contributed by atoms with Gasteiger partial charge in [-0.15, -0.1) is 0 Å². The Kier molecular flexibility index (Phi) is 34.8. The van der Waals surface area contributed by atoms with Crippen LogP contribution in [0.4, 0.5) is 0 Å². The minimum atomic E-state index is -0.0348. The zero-order valence-electron chi connectivity index (χ0n) is 32.0. The van der Waals surface area contributed by atoms with Crippen molar-refractivity contribution in [2.75, 3.05) is 13.2 Å². The van der Waals surface area contributed by atoms with E-state index in [0.29, 0.717) is 56.5 Å². The van der Waals surface area contributed by atoms with Gasteiger partial charge in [0.05, 0.1) is 13.2 Å². The van der Waals surface area contributed by atoms with Gasteiger partial charge in [-0.1, -0.05) is 150 Å². The number of rotatable bonds is 37. The fraction of sp³-hybridized carbons (Fsp3) is 0.929. The predicted molar refractivity (Wildman–Crippen MR) is 200 cm³/mol. The Labute approximate surface area is 292 Å².